The van der Waals surface area contributed by atoms with Crippen LogP contribution in [0.5, 0.6) is 0 Å². The van der Waals surface area contributed by atoms with Crippen molar-refractivity contribution in [3.05, 3.63) is 46.1 Å². The minimum Gasteiger partial charge on any atom is -0.336 e. The highest BCUT2D eigenvalue weighted by Gasteiger charge is 2.09. The zero-order chi connectivity index (χ0) is 13.2. The van der Waals surface area contributed by atoms with Crippen LogP contribution < -0.4 is 10.5 Å². The first-order valence-corrected chi connectivity index (χ1v) is 6.56. The lowest BCUT2D eigenvalue weighted by molar-refractivity contribution is 0.809. The van der Waals surface area contributed by atoms with E-state index in [-0.39, 0.29) is 5.56 Å². The Balaban J connectivity index is 1.91. The van der Waals surface area contributed by atoms with Crippen LogP contribution in [0.15, 0.2) is 34.7 Å². The molecular formula is C12H11N5OS. The molecule has 3 aromatic rings. The predicted molar refractivity (Wildman–Crippen MR) is 74.4 cm³/mol. The maximum Gasteiger partial charge on any atom is 0.268 e. The number of hydrogen-bond donors (Lipinski definition) is 1. The summed E-state index contributed by atoms with van der Waals surface area (Å²) in [7, 11) is 1.85. The smallest absolute Gasteiger partial charge is 0.268 e. The van der Waals surface area contributed by atoms with Gasteiger partial charge in [0.15, 0.2) is 0 Å². The Morgan fingerprint density at radius 1 is 1.37 bits per heavy atom. The van der Waals surface area contributed by atoms with E-state index in [4.69, 9.17) is 0 Å². The van der Waals surface area contributed by atoms with Gasteiger partial charge < -0.3 is 9.88 Å². The first-order valence-electron chi connectivity index (χ1n) is 5.68. The molecule has 0 atom stereocenters. The molecule has 3 rings (SSSR count). The highest BCUT2D eigenvalue weighted by Crippen LogP contribution is 2.14. The average molecular weight is 273 g/mol. The number of hydrogen-bond acceptors (Lipinski definition) is 6. The van der Waals surface area contributed by atoms with E-state index in [0.29, 0.717) is 23.0 Å². The van der Waals surface area contributed by atoms with Gasteiger partial charge in [0.2, 0.25) is 5.95 Å². The Bertz CT molecular complexity index is 751. The summed E-state index contributed by atoms with van der Waals surface area (Å²) in [6.07, 6.45) is 3.36. The van der Waals surface area contributed by atoms with Gasteiger partial charge in [-0.25, -0.2) is 15.0 Å². The van der Waals surface area contributed by atoms with Gasteiger partial charge in [0.1, 0.15) is 10.5 Å². The minimum absolute atomic E-state index is 0.0996. The van der Waals surface area contributed by atoms with E-state index in [1.165, 1.54) is 11.3 Å². The van der Waals surface area contributed by atoms with Crippen LogP contribution in [0.3, 0.4) is 0 Å². The molecular weight excluding hydrogens is 262 g/mol. The summed E-state index contributed by atoms with van der Waals surface area (Å²) < 4.78 is 0.655. The summed E-state index contributed by atoms with van der Waals surface area (Å²) >= 11 is 1.39. The summed E-state index contributed by atoms with van der Waals surface area (Å²) in [5, 5.41) is 1.86. The third-order valence-corrected chi connectivity index (χ3v) is 3.55. The first kappa shape index (κ1) is 11.8. The number of H-pyrrole nitrogens is 1. The third kappa shape index (κ3) is 2.32. The van der Waals surface area contributed by atoms with Crippen molar-refractivity contribution in [2.24, 2.45) is 0 Å². The van der Waals surface area contributed by atoms with Crippen LogP contribution in [-0.2, 0) is 6.54 Å². The maximum absolute atomic E-state index is 11.8. The molecule has 7 heteroatoms. The van der Waals surface area contributed by atoms with Crippen LogP contribution in [0, 0.1) is 0 Å². The van der Waals surface area contributed by atoms with E-state index in [2.05, 4.69) is 19.9 Å². The summed E-state index contributed by atoms with van der Waals surface area (Å²) in [6, 6.07) is 3.60. The van der Waals surface area contributed by atoms with Crippen molar-refractivity contribution >= 4 is 27.5 Å². The zero-order valence-electron chi connectivity index (χ0n) is 10.2. The molecule has 0 radical (unpaired) electrons. The first-order chi connectivity index (χ1) is 9.24. The lowest BCUT2D eigenvalue weighted by Gasteiger charge is -2.15. The Morgan fingerprint density at radius 3 is 2.95 bits per heavy atom. The van der Waals surface area contributed by atoms with Gasteiger partial charge in [-0.3, -0.25) is 4.79 Å². The van der Waals surface area contributed by atoms with Crippen molar-refractivity contribution in [2.75, 3.05) is 11.9 Å². The normalized spacial score (nSPS) is 10.8. The minimum atomic E-state index is -0.0996. The standard InChI is InChI=1S/C12H11N5OS/c1-17(12-13-4-2-5-14-12)7-9-15-8-3-6-19-10(8)11(18)16-9/h2-6H,7H2,1H3,(H,15,16,18). The summed E-state index contributed by atoms with van der Waals surface area (Å²) in [5.41, 5.74) is 0.628. The number of rotatable bonds is 3. The molecule has 0 aromatic carbocycles. The molecule has 0 aliphatic rings. The number of nitrogens with one attached hydrogen (secondary N) is 1. The van der Waals surface area contributed by atoms with Gasteiger partial charge >= 0.3 is 0 Å². The second-order valence-electron chi connectivity index (χ2n) is 4.05. The monoisotopic (exact) mass is 273 g/mol. The highest BCUT2D eigenvalue weighted by molar-refractivity contribution is 7.17. The molecule has 0 unspecified atom stereocenters. The van der Waals surface area contributed by atoms with Crippen molar-refractivity contribution in [1.82, 2.24) is 19.9 Å². The lowest BCUT2D eigenvalue weighted by atomic mass is 10.4. The van der Waals surface area contributed by atoms with Gasteiger partial charge in [-0.2, -0.15) is 0 Å². The van der Waals surface area contributed by atoms with Crippen LogP contribution >= 0.6 is 11.3 Å². The summed E-state index contributed by atoms with van der Waals surface area (Å²) in [4.78, 5) is 29.2. The molecule has 0 spiro atoms. The number of aromatic nitrogens is 4. The van der Waals surface area contributed by atoms with Gasteiger partial charge in [0, 0.05) is 19.4 Å². The van der Waals surface area contributed by atoms with Crippen LogP contribution in [-0.4, -0.2) is 27.0 Å². The third-order valence-electron chi connectivity index (χ3n) is 2.64. The van der Waals surface area contributed by atoms with Gasteiger partial charge in [-0.15, -0.1) is 11.3 Å². The highest BCUT2D eigenvalue weighted by atomic mass is 32.1. The van der Waals surface area contributed by atoms with Crippen LogP contribution in [0.4, 0.5) is 5.95 Å². The molecule has 0 bridgehead atoms. The Labute approximate surface area is 112 Å². The molecule has 3 aromatic heterocycles. The number of nitrogens with zero attached hydrogens (tertiary/aromatic N) is 4. The van der Waals surface area contributed by atoms with Crippen molar-refractivity contribution in [3.63, 3.8) is 0 Å². The van der Waals surface area contributed by atoms with E-state index >= 15 is 0 Å². The number of thiophene rings is 1. The lowest BCUT2D eigenvalue weighted by Crippen LogP contribution is -2.22. The second kappa shape index (κ2) is 4.77. The Kier molecular flexibility index (Phi) is 2.96. The van der Waals surface area contributed by atoms with Gasteiger partial charge in [0.25, 0.3) is 5.56 Å². The zero-order valence-corrected chi connectivity index (χ0v) is 11.0. The summed E-state index contributed by atoms with van der Waals surface area (Å²) in [6.45, 7) is 0.449. The largest absolute Gasteiger partial charge is 0.336 e. The van der Waals surface area contributed by atoms with Gasteiger partial charge in [0.05, 0.1) is 12.1 Å². The van der Waals surface area contributed by atoms with Crippen molar-refractivity contribution < 1.29 is 0 Å². The summed E-state index contributed by atoms with van der Waals surface area (Å²) in [5.74, 6) is 1.20. The van der Waals surface area contributed by atoms with Crippen LogP contribution in [0.2, 0.25) is 0 Å². The molecule has 3 heterocycles. The van der Waals surface area contributed by atoms with E-state index < -0.39 is 0 Å². The number of fused-ring (bicyclic) bond motifs is 1. The van der Waals surface area contributed by atoms with E-state index in [1.807, 2.05) is 23.4 Å². The molecule has 0 aliphatic carbocycles. The molecule has 0 aliphatic heterocycles. The Hall–Kier alpha value is -2.28. The fourth-order valence-electron chi connectivity index (χ4n) is 1.78. The fourth-order valence-corrected chi connectivity index (χ4v) is 2.51. The van der Waals surface area contributed by atoms with E-state index in [0.717, 1.165) is 5.52 Å². The van der Waals surface area contributed by atoms with Gasteiger partial charge in [-0.05, 0) is 17.5 Å². The maximum atomic E-state index is 11.8. The van der Waals surface area contributed by atoms with E-state index in [1.54, 1.807) is 18.5 Å². The number of aromatic amines is 1. The quantitative estimate of drug-likeness (QED) is 0.781. The van der Waals surface area contributed by atoms with Crippen LogP contribution in [0.1, 0.15) is 5.82 Å². The second-order valence-corrected chi connectivity index (χ2v) is 4.97. The molecule has 96 valence electrons. The predicted octanol–water partition coefficient (Wildman–Crippen LogP) is 1.41. The molecule has 0 saturated carbocycles. The molecule has 0 fully saturated rings. The topological polar surface area (TPSA) is 74.8 Å². The molecule has 0 amide bonds. The van der Waals surface area contributed by atoms with Crippen molar-refractivity contribution in [3.8, 4) is 0 Å². The SMILES string of the molecule is CN(Cc1nc2ccsc2c(=O)[nH]1)c1ncccn1. The molecule has 1 N–H and O–H groups in total. The Morgan fingerprint density at radius 2 is 2.16 bits per heavy atom. The van der Waals surface area contributed by atoms with E-state index in [9.17, 15) is 4.79 Å². The molecule has 6 nitrogen and oxygen atoms in total. The molecule has 19 heavy (non-hydrogen) atoms. The van der Waals surface area contributed by atoms with Crippen molar-refractivity contribution in [1.29, 1.82) is 0 Å². The van der Waals surface area contributed by atoms with Gasteiger partial charge in [-0.1, -0.05) is 0 Å². The van der Waals surface area contributed by atoms with Crippen molar-refractivity contribution in [2.45, 2.75) is 6.54 Å². The number of anilines is 1. The molecule has 0 saturated heterocycles. The fraction of sp³-hybridized carbons (Fsp3) is 0.167. The average Bonchev–Trinajstić information content (AvgIpc) is 2.88. The van der Waals surface area contributed by atoms with Crippen LogP contribution in [0.25, 0.3) is 10.2 Å².